The summed E-state index contributed by atoms with van der Waals surface area (Å²) in [6.45, 7) is 1.62. The van der Waals surface area contributed by atoms with Gasteiger partial charge >= 0.3 is 0 Å². The summed E-state index contributed by atoms with van der Waals surface area (Å²) in [6.07, 6.45) is 0. The molecule has 1 aromatic carbocycles. The van der Waals surface area contributed by atoms with Gasteiger partial charge in [-0.05, 0) is 34.1 Å². The van der Waals surface area contributed by atoms with Crippen molar-refractivity contribution in [3.05, 3.63) is 28.2 Å². The molecule has 2 rings (SSSR count). The van der Waals surface area contributed by atoms with Gasteiger partial charge in [0.25, 0.3) is 0 Å². The Morgan fingerprint density at radius 1 is 1.56 bits per heavy atom. The molecule has 0 amide bonds. The normalized spacial score (nSPS) is 17.2. The number of amidine groups is 1. The molecular formula is C10H11BrN2O2S. The summed E-state index contributed by atoms with van der Waals surface area (Å²) < 4.78 is 5.94. The Morgan fingerprint density at radius 2 is 2.31 bits per heavy atom. The number of hydrogen-bond donors (Lipinski definition) is 2. The Balaban J connectivity index is 2.15. The Hall–Kier alpha value is -0.720. The summed E-state index contributed by atoms with van der Waals surface area (Å²) in [7, 11) is 0. The summed E-state index contributed by atoms with van der Waals surface area (Å²) in [4.78, 5) is 1.15. The van der Waals surface area contributed by atoms with Crippen molar-refractivity contribution in [2.24, 2.45) is 10.9 Å². The van der Waals surface area contributed by atoms with Crippen LogP contribution in [-0.4, -0.2) is 29.5 Å². The smallest absolute Gasteiger partial charge is 0.171 e. The minimum absolute atomic E-state index is 0.107. The molecule has 1 fully saturated rings. The highest BCUT2D eigenvalue weighted by Crippen LogP contribution is 2.31. The van der Waals surface area contributed by atoms with Gasteiger partial charge in [0, 0.05) is 14.9 Å². The van der Waals surface area contributed by atoms with E-state index in [4.69, 9.17) is 15.7 Å². The monoisotopic (exact) mass is 302 g/mol. The van der Waals surface area contributed by atoms with Crippen LogP contribution >= 0.6 is 27.7 Å². The second kappa shape index (κ2) is 5.07. The lowest BCUT2D eigenvalue weighted by molar-refractivity contribution is 0.0455. The molecule has 0 radical (unpaired) electrons. The van der Waals surface area contributed by atoms with Gasteiger partial charge in [-0.25, -0.2) is 0 Å². The number of benzene rings is 1. The summed E-state index contributed by atoms with van der Waals surface area (Å²) in [5.41, 5.74) is 6.22. The average Bonchev–Trinajstić information content (AvgIpc) is 2.23. The summed E-state index contributed by atoms with van der Waals surface area (Å²) in [5, 5.41) is 12.1. The van der Waals surface area contributed by atoms with E-state index in [1.807, 2.05) is 18.2 Å². The standard InChI is InChI=1S/C10H11BrN2O2S/c11-9-3-6(16-7-4-15-5-7)1-2-8(9)10(12)13-14/h1-3,7,14H,4-5H2,(H2,12,13). The maximum Gasteiger partial charge on any atom is 0.171 e. The topological polar surface area (TPSA) is 67.8 Å². The zero-order chi connectivity index (χ0) is 11.5. The molecule has 0 aromatic heterocycles. The molecule has 6 heteroatoms. The van der Waals surface area contributed by atoms with Crippen molar-refractivity contribution in [3.63, 3.8) is 0 Å². The van der Waals surface area contributed by atoms with Crippen molar-refractivity contribution in [3.8, 4) is 0 Å². The minimum atomic E-state index is 0.107. The third-order valence-corrected chi connectivity index (χ3v) is 4.02. The average molecular weight is 303 g/mol. The van der Waals surface area contributed by atoms with Crippen molar-refractivity contribution < 1.29 is 9.94 Å². The first-order valence-corrected chi connectivity index (χ1v) is 6.40. The third-order valence-electron chi connectivity index (χ3n) is 2.23. The van der Waals surface area contributed by atoms with E-state index in [-0.39, 0.29) is 5.84 Å². The molecule has 1 aliphatic rings. The van der Waals surface area contributed by atoms with Gasteiger partial charge < -0.3 is 15.7 Å². The van der Waals surface area contributed by atoms with Crippen molar-refractivity contribution >= 4 is 33.5 Å². The fourth-order valence-corrected chi connectivity index (χ4v) is 3.08. The highest BCUT2D eigenvalue weighted by molar-refractivity contribution is 9.10. The third kappa shape index (κ3) is 2.50. The number of thioether (sulfide) groups is 1. The highest BCUT2D eigenvalue weighted by atomic mass is 79.9. The van der Waals surface area contributed by atoms with E-state index in [0.29, 0.717) is 10.8 Å². The molecule has 0 atom stereocenters. The number of ether oxygens (including phenoxy) is 1. The Morgan fingerprint density at radius 3 is 2.81 bits per heavy atom. The minimum Gasteiger partial charge on any atom is -0.409 e. The lowest BCUT2D eigenvalue weighted by Crippen LogP contribution is -2.30. The number of halogens is 1. The van der Waals surface area contributed by atoms with Crippen LogP contribution in [0.15, 0.2) is 32.7 Å². The first-order valence-electron chi connectivity index (χ1n) is 4.72. The molecule has 1 heterocycles. The maximum absolute atomic E-state index is 8.59. The summed E-state index contributed by atoms with van der Waals surface area (Å²) >= 11 is 5.18. The van der Waals surface area contributed by atoms with E-state index >= 15 is 0 Å². The molecular weight excluding hydrogens is 292 g/mol. The second-order valence-electron chi connectivity index (χ2n) is 3.40. The van der Waals surface area contributed by atoms with Crippen LogP contribution in [0.2, 0.25) is 0 Å². The molecule has 16 heavy (non-hydrogen) atoms. The number of nitrogens with zero attached hydrogens (tertiary/aromatic N) is 1. The number of nitrogens with two attached hydrogens (primary N) is 1. The van der Waals surface area contributed by atoms with Gasteiger partial charge in [0.05, 0.1) is 18.5 Å². The lowest BCUT2D eigenvalue weighted by Gasteiger charge is -2.25. The van der Waals surface area contributed by atoms with Gasteiger partial charge in [-0.3, -0.25) is 0 Å². The van der Waals surface area contributed by atoms with Gasteiger partial charge in [-0.2, -0.15) is 0 Å². The summed E-state index contributed by atoms with van der Waals surface area (Å²) in [5.74, 6) is 0.107. The maximum atomic E-state index is 8.59. The lowest BCUT2D eigenvalue weighted by atomic mass is 10.2. The largest absolute Gasteiger partial charge is 0.409 e. The molecule has 4 nitrogen and oxygen atoms in total. The Labute approximate surface area is 106 Å². The molecule has 0 spiro atoms. The fourth-order valence-electron chi connectivity index (χ4n) is 1.31. The highest BCUT2D eigenvalue weighted by Gasteiger charge is 2.19. The van der Waals surface area contributed by atoms with Gasteiger partial charge in [0.1, 0.15) is 0 Å². The van der Waals surface area contributed by atoms with E-state index in [9.17, 15) is 0 Å². The predicted octanol–water partition coefficient (Wildman–Crippen LogP) is 2.03. The van der Waals surface area contributed by atoms with Gasteiger partial charge in [0.2, 0.25) is 0 Å². The first-order chi connectivity index (χ1) is 7.70. The molecule has 0 bridgehead atoms. The van der Waals surface area contributed by atoms with E-state index < -0.39 is 0 Å². The van der Waals surface area contributed by atoms with Crippen molar-refractivity contribution in [1.29, 1.82) is 0 Å². The van der Waals surface area contributed by atoms with Crippen LogP contribution in [-0.2, 0) is 4.74 Å². The molecule has 0 saturated carbocycles. The molecule has 3 N–H and O–H groups in total. The van der Waals surface area contributed by atoms with Gasteiger partial charge in [0.15, 0.2) is 5.84 Å². The molecule has 1 aromatic rings. The zero-order valence-corrected chi connectivity index (χ0v) is 10.8. The van der Waals surface area contributed by atoms with Crippen molar-refractivity contribution in [2.45, 2.75) is 10.1 Å². The molecule has 0 unspecified atom stereocenters. The van der Waals surface area contributed by atoms with E-state index in [0.717, 1.165) is 22.6 Å². The second-order valence-corrected chi connectivity index (χ2v) is 5.63. The van der Waals surface area contributed by atoms with Crippen LogP contribution in [0.1, 0.15) is 5.56 Å². The van der Waals surface area contributed by atoms with Gasteiger partial charge in [-0.15, -0.1) is 11.8 Å². The van der Waals surface area contributed by atoms with E-state index in [1.54, 1.807) is 11.8 Å². The van der Waals surface area contributed by atoms with E-state index in [1.165, 1.54) is 0 Å². The van der Waals surface area contributed by atoms with Crippen LogP contribution < -0.4 is 5.73 Å². The predicted molar refractivity (Wildman–Crippen MR) is 67.1 cm³/mol. The SMILES string of the molecule is N/C(=N/O)c1ccc(SC2COC2)cc1Br. The van der Waals surface area contributed by atoms with Crippen LogP contribution in [0.3, 0.4) is 0 Å². The number of rotatable bonds is 3. The number of hydrogen-bond acceptors (Lipinski definition) is 4. The van der Waals surface area contributed by atoms with Gasteiger partial charge in [-0.1, -0.05) is 5.16 Å². The Bertz CT molecular complexity index is 421. The van der Waals surface area contributed by atoms with Crippen LogP contribution in [0.25, 0.3) is 0 Å². The molecule has 1 aliphatic heterocycles. The molecule has 1 saturated heterocycles. The van der Waals surface area contributed by atoms with Crippen LogP contribution in [0, 0.1) is 0 Å². The first kappa shape index (κ1) is 11.8. The van der Waals surface area contributed by atoms with Crippen molar-refractivity contribution in [2.75, 3.05) is 13.2 Å². The Kier molecular flexibility index (Phi) is 3.73. The number of oxime groups is 1. The van der Waals surface area contributed by atoms with Crippen LogP contribution in [0.5, 0.6) is 0 Å². The van der Waals surface area contributed by atoms with E-state index in [2.05, 4.69) is 21.1 Å². The van der Waals surface area contributed by atoms with Crippen LogP contribution in [0.4, 0.5) is 0 Å². The summed E-state index contributed by atoms with van der Waals surface area (Å²) in [6, 6.07) is 5.76. The molecule has 86 valence electrons. The fraction of sp³-hybridized carbons (Fsp3) is 0.300. The molecule has 0 aliphatic carbocycles. The zero-order valence-electron chi connectivity index (χ0n) is 8.39. The van der Waals surface area contributed by atoms with Crippen molar-refractivity contribution in [1.82, 2.24) is 0 Å². The quantitative estimate of drug-likeness (QED) is 0.388.